The van der Waals surface area contributed by atoms with Crippen molar-refractivity contribution in [2.24, 2.45) is 5.92 Å². The van der Waals surface area contributed by atoms with Crippen molar-refractivity contribution >= 4 is 0 Å². The zero-order valence-electron chi connectivity index (χ0n) is 9.12. The van der Waals surface area contributed by atoms with Crippen molar-refractivity contribution in [3.05, 3.63) is 0 Å². The van der Waals surface area contributed by atoms with Gasteiger partial charge in [-0.15, -0.1) is 0 Å². The van der Waals surface area contributed by atoms with E-state index >= 15 is 0 Å². The van der Waals surface area contributed by atoms with Crippen LogP contribution in [0.5, 0.6) is 0 Å². The molecule has 0 fully saturated rings. The average molecular weight is 211 g/mol. The third-order valence-corrected chi connectivity index (χ3v) is 2.22. The Balaban J connectivity index is 3.69. The van der Waals surface area contributed by atoms with E-state index in [0.717, 1.165) is 12.8 Å². The van der Waals surface area contributed by atoms with Crippen LogP contribution in [-0.4, -0.2) is 19.3 Å². The molecular weight excluding hydrogens is 191 g/mol. The molecule has 86 valence electrons. The molecule has 14 heavy (non-hydrogen) atoms. The summed E-state index contributed by atoms with van der Waals surface area (Å²) in [4.78, 5) is 0. The molecule has 0 saturated carbocycles. The van der Waals surface area contributed by atoms with E-state index in [2.05, 4.69) is 19.2 Å². The van der Waals surface area contributed by atoms with Gasteiger partial charge in [-0.1, -0.05) is 26.7 Å². The first-order valence-corrected chi connectivity index (χ1v) is 5.09. The highest BCUT2D eigenvalue weighted by molar-refractivity contribution is 4.69. The van der Waals surface area contributed by atoms with Gasteiger partial charge in [0.15, 0.2) is 0 Å². The van der Waals surface area contributed by atoms with E-state index < -0.39 is 18.6 Å². The van der Waals surface area contributed by atoms with Gasteiger partial charge in [0, 0.05) is 6.04 Å². The van der Waals surface area contributed by atoms with E-state index in [1.165, 1.54) is 0 Å². The predicted molar refractivity (Wildman–Crippen MR) is 52.2 cm³/mol. The zero-order chi connectivity index (χ0) is 11.2. The summed E-state index contributed by atoms with van der Waals surface area (Å²) in [6, 6.07) is -0.422. The summed E-state index contributed by atoms with van der Waals surface area (Å²) in [6.45, 7) is 4.16. The van der Waals surface area contributed by atoms with Gasteiger partial charge in [-0.25, -0.2) is 0 Å². The minimum atomic E-state index is -4.05. The molecule has 0 aliphatic rings. The molecule has 1 N–H and O–H groups in total. The molecule has 0 amide bonds. The van der Waals surface area contributed by atoms with Crippen molar-refractivity contribution in [3.63, 3.8) is 0 Å². The first-order valence-electron chi connectivity index (χ1n) is 5.09. The van der Waals surface area contributed by atoms with Gasteiger partial charge >= 0.3 is 6.18 Å². The summed E-state index contributed by atoms with van der Waals surface area (Å²) in [5.74, 6) is 0.568. The Kier molecular flexibility index (Phi) is 6.16. The van der Waals surface area contributed by atoms with E-state index in [-0.39, 0.29) is 0 Å². The van der Waals surface area contributed by atoms with Crippen LogP contribution >= 0.6 is 0 Å². The van der Waals surface area contributed by atoms with Crippen LogP contribution in [0.1, 0.15) is 39.5 Å². The summed E-state index contributed by atoms with van der Waals surface area (Å²) in [5, 5.41) is 2.71. The molecule has 0 aliphatic heterocycles. The fourth-order valence-electron chi connectivity index (χ4n) is 1.40. The second kappa shape index (κ2) is 6.27. The first kappa shape index (κ1) is 13.8. The zero-order valence-corrected chi connectivity index (χ0v) is 9.12. The lowest BCUT2D eigenvalue weighted by Gasteiger charge is -2.18. The molecule has 1 unspecified atom stereocenters. The van der Waals surface area contributed by atoms with E-state index in [0.29, 0.717) is 12.3 Å². The normalized spacial score (nSPS) is 14.8. The second-order valence-corrected chi connectivity index (χ2v) is 4.13. The van der Waals surface area contributed by atoms with E-state index in [4.69, 9.17) is 0 Å². The van der Waals surface area contributed by atoms with Gasteiger partial charge in [0.1, 0.15) is 0 Å². The second-order valence-electron chi connectivity index (χ2n) is 4.13. The lowest BCUT2D eigenvalue weighted by molar-refractivity contribution is -0.140. The molecule has 0 aromatic rings. The minimum absolute atomic E-state index is 0.422. The number of halogens is 3. The van der Waals surface area contributed by atoms with Crippen LogP contribution in [0.4, 0.5) is 13.2 Å². The molecule has 0 radical (unpaired) electrons. The number of hydrogen-bond acceptors (Lipinski definition) is 1. The van der Waals surface area contributed by atoms with Crippen LogP contribution in [0.2, 0.25) is 0 Å². The van der Waals surface area contributed by atoms with Crippen LogP contribution in [0.3, 0.4) is 0 Å². The van der Waals surface area contributed by atoms with Crippen molar-refractivity contribution in [2.45, 2.75) is 51.7 Å². The van der Waals surface area contributed by atoms with Crippen LogP contribution in [0.25, 0.3) is 0 Å². The van der Waals surface area contributed by atoms with Gasteiger partial charge in [0.05, 0.1) is 6.42 Å². The topological polar surface area (TPSA) is 12.0 Å². The van der Waals surface area contributed by atoms with Gasteiger partial charge < -0.3 is 5.32 Å². The van der Waals surface area contributed by atoms with Crippen molar-refractivity contribution in [2.75, 3.05) is 7.05 Å². The molecule has 4 heteroatoms. The summed E-state index contributed by atoms with van der Waals surface area (Å²) < 4.78 is 36.1. The maximum atomic E-state index is 12.0. The quantitative estimate of drug-likeness (QED) is 0.710. The molecule has 0 heterocycles. The third kappa shape index (κ3) is 8.35. The molecule has 1 nitrogen and oxygen atoms in total. The summed E-state index contributed by atoms with van der Waals surface area (Å²) in [6.07, 6.45) is -2.31. The summed E-state index contributed by atoms with van der Waals surface area (Å²) in [5.41, 5.74) is 0. The number of nitrogens with one attached hydrogen (secondary N) is 1. The molecule has 0 saturated heterocycles. The number of alkyl halides is 3. The third-order valence-electron chi connectivity index (χ3n) is 2.22. The van der Waals surface area contributed by atoms with E-state index in [9.17, 15) is 13.2 Å². The van der Waals surface area contributed by atoms with Gasteiger partial charge in [-0.05, 0) is 19.4 Å². The highest BCUT2D eigenvalue weighted by Crippen LogP contribution is 2.23. The fourth-order valence-corrected chi connectivity index (χ4v) is 1.40. The van der Waals surface area contributed by atoms with Crippen LogP contribution in [0.15, 0.2) is 0 Å². The van der Waals surface area contributed by atoms with Gasteiger partial charge in [-0.3, -0.25) is 0 Å². The highest BCUT2D eigenvalue weighted by Gasteiger charge is 2.30. The smallest absolute Gasteiger partial charge is 0.317 e. The van der Waals surface area contributed by atoms with Gasteiger partial charge in [0.25, 0.3) is 0 Å². The Morgan fingerprint density at radius 1 is 1.14 bits per heavy atom. The maximum absolute atomic E-state index is 12.0. The molecule has 0 spiro atoms. The molecule has 1 atom stereocenters. The largest absolute Gasteiger partial charge is 0.390 e. The van der Waals surface area contributed by atoms with Crippen LogP contribution in [-0.2, 0) is 0 Å². The van der Waals surface area contributed by atoms with Crippen molar-refractivity contribution in [1.82, 2.24) is 5.32 Å². The molecule has 0 bridgehead atoms. The predicted octanol–water partition coefficient (Wildman–Crippen LogP) is 3.35. The molecule has 0 rings (SSSR count). The van der Waals surface area contributed by atoms with E-state index in [1.807, 2.05) is 0 Å². The summed E-state index contributed by atoms with van der Waals surface area (Å²) >= 11 is 0. The van der Waals surface area contributed by atoms with E-state index in [1.54, 1.807) is 7.05 Å². The maximum Gasteiger partial charge on any atom is 0.390 e. The monoisotopic (exact) mass is 211 g/mol. The Bertz CT molecular complexity index is 143. The Hall–Kier alpha value is -0.250. The van der Waals surface area contributed by atoms with Crippen molar-refractivity contribution in [1.29, 1.82) is 0 Å². The van der Waals surface area contributed by atoms with Crippen LogP contribution in [0, 0.1) is 5.92 Å². The minimum Gasteiger partial charge on any atom is -0.317 e. The van der Waals surface area contributed by atoms with Crippen LogP contribution < -0.4 is 5.32 Å². The highest BCUT2D eigenvalue weighted by atomic mass is 19.4. The summed E-state index contributed by atoms with van der Waals surface area (Å²) in [7, 11) is 1.59. The van der Waals surface area contributed by atoms with Crippen molar-refractivity contribution < 1.29 is 13.2 Å². The molecule has 0 aromatic heterocycles. The van der Waals surface area contributed by atoms with Crippen molar-refractivity contribution in [3.8, 4) is 0 Å². The van der Waals surface area contributed by atoms with Gasteiger partial charge in [0.2, 0.25) is 0 Å². The lowest BCUT2D eigenvalue weighted by Crippen LogP contribution is -2.31. The fraction of sp³-hybridized carbons (Fsp3) is 1.00. The lowest BCUT2D eigenvalue weighted by atomic mass is 10.0. The first-order chi connectivity index (χ1) is 6.35. The molecular formula is C10H20F3N. The SMILES string of the molecule is CNC(CCCC(C)C)CC(F)(F)F. The van der Waals surface area contributed by atoms with Gasteiger partial charge in [-0.2, -0.15) is 13.2 Å². The average Bonchev–Trinajstić information content (AvgIpc) is 1.99. The molecule has 0 aromatic carbocycles. The Labute approximate surface area is 84.1 Å². The number of rotatable bonds is 6. The Morgan fingerprint density at radius 2 is 1.71 bits per heavy atom. The molecule has 0 aliphatic carbocycles. The number of hydrogen-bond donors (Lipinski definition) is 1. The standard InChI is InChI=1S/C10H20F3N/c1-8(2)5-4-6-9(14-3)7-10(11,12)13/h8-9,14H,4-7H2,1-3H3. The Morgan fingerprint density at radius 3 is 2.07 bits per heavy atom.